The van der Waals surface area contributed by atoms with Crippen molar-refractivity contribution in [3.05, 3.63) is 63.6 Å². The Kier molecular flexibility index (Phi) is 3.81. The summed E-state index contributed by atoms with van der Waals surface area (Å²) in [6.45, 7) is 0. The second-order valence-electron chi connectivity index (χ2n) is 5.07. The van der Waals surface area contributed by atoms with Crippen LogP contribution in [-0.2, 0) is 0 Å². The standard InChI is InChI=1S/C16H15BrClN/c17-13-4-2-6-15(10-13)19-16-8-12(9-16)11-3-1-5-14(18)7-11/h1-7,10,12,16,19H,8-9H2. The molecule has 1 N–H and O–H groups in total. The maximum absolute atomic E-state index is 6.03. The predicted molar refractivity (Wildman–Crippen MR) is 85.0 cm³/mol. The molecule has 2 aromatic rings. The van der Waals surface area contributed by atoms with Crippen LogP contribution in [0.3, 0.4) is 0 Å². The summed E-state index contributed by atoms with van der Waals surface area (Å²) in [5, 5.41) is 4.40. The third-order valence-electron chi connectivity index (χ3n) is 3.65. The van der Waals surface area contributed by atoms with Crippen molar-refractivity contribution in [3.63, 3.8) is 0 Å². The fourth-order valence-corrected chi connectivity index (χ4v) is 3.18. The van der Waals surface area contributed by atoms with Gasteiger partial charge in [-0.25, -0.2) is 0 Å². The van der Waals surface area contributed by atoms with Gasteiger partial charge in [0.25, 0.3) is 0 Å². The Hall–Kier alpha value is -0.990. The summed E-state index contributed by atoms with van der Waals surface area (Å²) in [4.78, 5) is 0. The molecule has 3 rings (SSSR count). The van der Waals surface area contributed by atoms with E-state index < -0.39 is 0 Å². The van der Waals surface area contributed by atoms with Gasteiger partial charge in [0, 0.05) is 21.2 Å². The van der Waals surface area contributed by atoms with Gasteiger partial charge in [-0.15, -0.1) is 0 Å². The van der Waals surface area contributed by atoms with Crippen LogP contribution in [0.25, 0.3) is 0 Å². The molecule has 1 nitrogen and oxygen atoms in total. The first kappa shape index (κ1) is 13.0. The number of nitrogens with one attached hydrogen (secondary N) is 1. The van der Waals surface area contributed by atoms with Crippen molar-refractivity contribution >= 4 is 33.2 Å². The first-order valence-electron chi connectivity index (χ1n) is 6.48. The molecular weight excluding hydrogens is 322 g/mol. The van der Waals surface area contributed by atoms with E-state index in [1.807, 2.05) is 18.2 Å². The van der Waals surface area contributed by atoms with Gasteiger partial charge in [0.05, 0.1) is 0 Å². The first-order valence-corrected chi connectivity index (χ1v) is 7.65. The summed E-state index contributed by atoms with van der Waals surface area (Å²) in [5.41, 5.74) is 2.55. The minimum absolute atomic E-state index is 0.568. The lowest BCUT2D eigenvalue weighted by molar-refractivity contribution is 0.374. The molecule has 98 valence electrons. The lowest BCUT2D eigenvalue weighted by Gasteiger charge is -2.37. The van der Waals surface area contributed by atoms with E-state index in [9.17, 15) is 0 Å². The number of anilines is 1. The van der Waals surface area contributed by atoms with E-state index in [-0.39, 0.29) is 0 Å². The van der Waals surface area contributed by atoms with Crippen LogP contribution in [0.2, 0.25) is 5.02 Å². The highest BCUT2D eigenvalue weighted by Gasteiger charge is 2.30. The van der Waals surface area contributed by atoms with Crippen LogP contribution in [0.15, 0.2) is 53.0 Å². The lowest BCUT2D eigenvalue weighted by atomic mass is 9.76. The summed E-state index contributed by atoms with van der Waals surface area (Å²) < 4.78 is 1.11. The molecule has 0 bridgehead atoms. The Morgan fingerprint density at radius 2 is 1.84 bits per heavy atom. The maximum atomic E-state index is 6.03. The SMILES string of the molecule is Clc1cccc(C2CC(Nc3cccc(Br)c3)C2)c1. The molecule has 0 aliphatic heterocycles. The van der Waals surface area contributed by atoms with E-state index in [2.05, 4.69) is 51.6 Å². The molecule has 1 aliphatic carbocycles. The zero-order valence-corrected chi connectivity index (χ0v) is 12.8. The van der Waals surface area contributed by atoms with E-state index in [1.165, 1.54) is 24.1 Å². The Labute approximate surface area is 127 Å². The van der Waals surface area contributed by atoms with Crippen molar-refractivity contribution in [2.45, 2.75) is 24.8 Å². The van der Waals surface area contributed by atoms with Gasteiger partial charge in [-0.2, -0.15) is 0 Å². The number of benzene rings is 2. The molecule has 1 aliphatic rings. The molecule has 0 saturated heterocycles. The van der Waals surface area contributed by atoms with Gasteiger partial charge in [-0.1, -0.05) is 45.7 Å². The topological polar surface area (TPSA) is 12.0 Å². The van der Waals surface area contributed by atoms with Gasteiger partial charge in [0.15, 0.2) is 0 Å². The van der Waals surface area contributed by atoms with Crippen molar-refractivity contribution in [2.24, 2.45) is 0 Å². The molecule has 0 radical (unpaired) electrons. The van der Waals surface area contributed by atoms with Gasteiger partial charge >= 0.3 is 0 Å². The predicted octanol–water partition coefficient (Wildman–Crippen LogP) is 5.46. The third kappa shape index (κ3) is 3.13. The normalized spacial score (nSPS) is 21.8. The van der Waals surface area contributed by atoms with Crippen LogP contribution in [-0.4, -0.2) is 6.04 Å². The summed E-state index contributed by atoms with van der Waals surface area (Å²) in [5.74, 6) is 0.642. The number of hydrogen-bond acceptors (Lipinski definition) is 1. The molecule has 2 aromatic carbocycles. The highest BCUT2D eigenvalue weighted by Crippen LogP contribution is 2.39. The van der Waals surface area contributed by atoms with Crippen LogP contribution < -0.4 is 5.32 Å². The average molecular weight is 337 g/mol. The molecule has 19 heavy (non-hydrogen) atoms. The van der Waals surface area contributed by atoms with Crippen LogP contribution in [0.4, 0.5) is 5.69 Å². The molecule has 3 heteroatoms. The molecule has 0 heterocycles. The summed E-state index contributed by atoms with van der Waals surface area (Å²) >= 11 is 9.53. The van der Waals surface area contributed by atoms with E-state index in [4.69, 9.17) is 11.6 Å². The molecule has 0 unspecified atom stereocenters. The van der Waals surface area contributed by atoms with Gasteiger partial charge in [0.1, 0.15) is 0 Å². The minimum atomic E-state index is 0.568. The van der Waals surface area contributed by atoms with Crippen LogP contribution >= 0.6 is 27.5 Å². The number of rotatable bonds is 3. The minimum Gasteiger partial charge on any atom is -0.382 e. The summed E-state index contributed by atoms with van der Waals surface area (Å²) in [6.07, 6.45) is 2.35. The first-order chi connectivity index (χ1) is 9.20. The highest BCUT2D eigenvalue weighted by molar-refractivity contribution is 9.10. The zero-order valence-electron chi connectivity index (χ0n) is 10.4. The Morgan fingerprint density at radius 3 is 2.58 bits per heavy atom. The van der Waals surface area contributed by atoms with Crippen LogP contribution in [0.5, 0.6) is 0 Å². The Morgan fingerprint density at radius 1 is 1.05 bits per heavy atom. The van der Waals surface area contributed by atoms with Crippen molar-refractivity contribution in [1.82, 2.24) is 0 Å². The summed E-state index contributed by atoms with van der Waals surface area (Å²) in [6, 6.07) is 17.1. The van der Waals surface area contributed by atoms with Gasteiger partial charge in [0.2, 0.25) is 0 Å². The van der Waals surface area contributed by atoms with E-state index >= 15 is 0 Å². The molecule has 0 aromatic heterocycles. The summed E-state index contributed by atoms with van der Waals surface area (Å²) in [7, 11) is 0. The second-order valence-corrected chi connectivity index (χ2v) is 6.43. The largest absolute Gasteiger partial charge is 0.382 e. The van der Waals surface area contributed by atoms with E-state index in [0.717, 1.165) is 9.50 Å². The smallest absolute Gasteiger partial charge is 0.0408 e. The molecular formula is C16H15BrClN. The van der Waals surface area contributed by atoms with E-state index in [0.29, 0.717) is 12.0 Å². The van der Waals surface area contributed by atoms with Crippen LogP contribution in [0.1, 0.15) is 24.3 Å². The molecule has 0 atom stereocenters. The van der Waals surface area contributed by atoms with Gasteiger partial charge in [-0.3, -0.25) is 0 Å². The second kappa shape index (κ2) is 5.56. The average Bonchev–Trinajstić information content (AvgIpc) is 2.33. The van der Waals surface area contributed by atoms with Crippen molar-refractivity contribution in [1.29, 1.82) is 0 Å². The van der Waals surface area contributed by atoms with Gasteiger partial charge in [-0.05, 0) is 54.7 Å². The monoisotopic (exact) mass is 335 g/mol. The van der Waals surface area contributed by atoms with Crippen molar-refractivity contribution in [2.75, 3.05) is 5.32 Å². The van der Waals surface area contributed by atoms with Crippen molar-refractivity contribution in [3.8, 4) is 0 Å². The maximum Gasteiger partial charge on any atom is 0.0408 e. The third-order valence-corrected chi connectivity index (χ3v) is 4.38. The Bertz CT molecular complexity index is 578. The molecule has 0 spiro atoms. The Balaban J connectivity index is 1.58. The van der Waals surface area contributed by atoms with Crippen LogP contribution in [0, 0.1) is 0 Å². The van der Waals surface area contributed by atoms with Crippen molar-refractivity contribution < 1.29 is 0 Å². The quantitative estimate of drug-likeness (QED) is 0.784. The fourth-order valence-electron chi connectivity index (χ4n) is 2.58. The fraction of sp³-hybridized carbons (Fsp3) is 0.250. The number of hydrogen-bond donors (Lipinski definition) is 1. The molecule has 1 fully saturated rings. The molecule has 0 amide bonds. The zero-order chi connectivity index (χ0) is 13.2. The molecule has 1 saturated carbocycles. The lowest BCUT2D eigenvalue weighted by Crippen LogP contribution is -2.33. The number of halogens is 2. The highest BCUT2D eigenvalue weighted by atomic mass is 79.9. The van der Waals surface area contributed by atoms with Gasteiger partial charge < -0.3 is 5.32 Å². The van der Waals surface area contributed by atoms with E-state index in [1.54, 1.807) is 0 Å².